The third-order valence-corrected chi connectivity index (χ3v) is 6.98. The zero-order valence-corrected chi connectivity index (χ0v) is 17.5. The van der Waals surface area contributed by atoms with Gasteiger partial charge in [-0.05, 0) is 24.1 Å². The summed E-state index contributed by atoms with van der Waals surface area (Å²) in [4.78, 5) is 28.2. The Hall–Kier alpha value is -2.48. The molecule has 29 heavy (non-hydrogen) atoms. The van der Waals surface area contributed by atoms with E-state index in [0.29, 0.717) is 33.1 Å². The van der Waals surface area contributed by atoms with Crippen molar-refractivity contribution in [3.05, 3.63) is 73.6 Å². The smallest absolute Gasteiger partial charge is 0.270 e. The minimum Gasteiger partial charge on any atom is -0.335 e. The number of carbonyl (C=O) groups excluding carboxylic acids is 1. The standard InChI is InChI=1S/C21H20ClN3O3S/c1-14-4-2-3-5-15(14)13-23-8-10-24(11-9-23)21(26)20-19(22)17-7-6-16(25(27)28)12-18(17)29-20/h2-7,12H,8-11,13H2,1H3. The Morgan fingerprint density at radius 3 is 2.59 bits per heavy atom. The summed E-state index contributed by atoms with van der Waals surface area (Å²) in [5.41, 5.74) is 2.58. The number of benzene rings is 2. The third-order valence-electron chi connectivity index (χ3n) is 5.33. The van der Waals surface area contributed by atoms with Crippen LogP contribution in [0.4, 0.5) is 5.69 Å². The average Bonchev–Trinajstić information content (AvgIpc) is 3.05. The summed E-state index contributed by atoms with van der Waals surface area (Å²) < 4.78 is 0.658. The van der Waals surface area contributed by atoms with E-state index in [4.69, 9.17) is 11.6 Å². The van der Waals surface area contributed by atoms with Crippen LogP contribution in [-0.4, -0.2) is 46.8 Å². The predicted octanol–water partition coefficient (Wildman–Crippen LogP) is 4.73. The van der Waals surface area contributed by atoms with Crippen LogP contribution in [0, 0.1) is 17.0 Å². The quantitative estimate of drug-likeness (QED) is 0.444. The minimum atomic E-state index is -0.442. The molecular formula is C21H20ClN3O3S. The molecule has 1 aliphatic rings. The first-order valence-corrected chi connectivity index (χ1v) is 10.6. The van der Waals surface area contributed by atoms with Crippen molar-refractivity contribution in [3.63, 3.8) is 0 Å². The van der Waals surface area contributed by atoms with Gasteiger partial charge >= 0.3 is 0 Å². The van der Waals surface area contributed by atoms with E-state index in [1.54, 1.807) is 6.07 Å². The molecule has 8 heteroatoms. The minimum absolute atomic E-state index is 0.000708. The maximum Gasteiger partial charge on any atom is 0.270 e. The summed E-state index contributed by atoms with van der Waals surface area (Å²) >= 11 is 7.66. The van der Waals surface area contributed by atoms with Crippen molar-refractivity contribution < 1.29 is 9.72 Å². The van der Waals surface area contributed by atoms with Crippen molar-refractivity contribution in [2.24, 2.45) is 0 Å². The van der Waals surface area contributed by atoms with E-state index < -0.39 is 4.92 Å². The molecular weight excluding hydrogens is 410 g/mol. The number of piperazine rings is 1. The van der Waals surface area contributed by atoms with Crippen LogP contribution in [0.2, 0.25) is 5.02 Å². The molecule has 0 atom stereocenters. The van der Waals surface area contributed by atoms with Gasteiger partial charge in [-0.3, -0.25) is 19.8 Å². The van der Waals surface area contributed by atoms with Crippen molar-refractivity contribution >= 4 is 44.6 Å². The van der Waals surface area contributed by atoms with Crippen LogP contribution in [0.5, 0.6) is 0 Å². The average molecular weight is 430 g/mol. The molecule has 6 nitrogen and oxygen atoms in total. The molecule has 3 aromatic rings. The number of halogens is 1. The van der Waals surface area contributed by atoms with Gasteiger partial charge in [-0.25, -0.2) is 0 Å². The largest absolute Gasteiger partial charge is 0.335 e. The lowest BCUT2D eigenvalue weighted by Gasteiger charge is -2.34. The fourth-order valence-corrected chi connectivity index (χ4v) is 5.10. The first kappa shape index (κ1) is 19.8. The third kappa shape index (κ3) is 3.99. The van der Waals surface area contributed by atoms with Gasteiger partial charge in [-0.15, -0.1) is 11.3 Å². The topological polar surface area (TPSA) is 66.7 Å². The molecule has 1 amide bonds. The molecule has 150 valence electrons. The van der Waals surface area contributed by atoms with Crippen molar-refractivity contribution in [1.82, 2.24) is 9.80 Å². The van der Waals surface area contributed by atoms with E-state index in [2.05, 4.69) is 30.0 Å². The number of nitro groups is 1. The molecule has 0 N–H and O–H groups in total. The lowest BCUT2D eigenvalue weighted by Crippen LogP contribution is -2.48. The summed E-state index contributed by atoms with van der Waals surface area (Å²) in [6, 6.07) is 12.9. The van der Waals surface area contributed by atoms with Gasteiger partial charge in [0.05, 0.1) is 9.95 Å². The second kappa shape index (κ2) is 8.10. The zero-order valence-electron chi connectivity index (χ0n) is 15.9. The van der Waals surface area contributed by atoms with E-state index in [-0.39, 0.29) is 11.6 Å². The fraction of sp³-hybridized carbons (Fsp3) is 0.286. The molecule has 0 bridgehead atoms. The Kier molecular flexibility index (Phi) is 5.54. The monoisotopic (exact) mass is 429 g/mol. The molecule has 1 fully saturated rings. The molecule has 4 rings (SSSR count). The highest BCUT2D eigenvalue weighted by Crippen LogP contribution is 2.38. The van der Waals surface area contributed by atoms with Crippen molar-refractivity contribution in [2.75, 3.05) is 26.2 Å². The summed E-state index contributed by atoms with van der Waals surface area (Å²) in [5, 5.41) is 12.1. The molecule has 0 saturated carbocycles. The summed E-state index contributed by atoms with van der Waals surface area (Å²) in [7, 11) is 0. The number of nitrogens with zero attached hydrogens (tertiary/aromatic N) is 3. The number of hydrogen-bond acceptors (Lipinski definition) is 5. The number of aryl methyl sites for hydroxylation is 1. The maximum absolute atomic E-state index is 13.0. The number of amides is 1. The first-order valence-electron chi connectivity index (χ1n) is 9.36. The highest BCUT2D eigenvalue weighted by atomic mass is 35.5. The maximum atomic E-state index is 13.0. The van der Waals surface area contributed by atoms with Gasteiger partial charge in [0.25, 0.3) is 11.6 Å². The van der Waals surface area contributed by atoms with Crippen LogP contribution in [-0.2, 0) is 6.54 Å². The number of non-ortho nitro benzene ring substituents is 1. The first-order chi connectivity index (χ1) is 13.9. The second-order valence-corrected chi connectivity index (χ2v) is 8.61. The van der Waals surface area contributed by atoms with Crippen LogP contribution in [0.25, 0.3) is 10.1 Å². The van der Waals surface area contributed by atoms with Crippen LogP contribution in [0.15, 0.2) is 42.5 Å². The lowest BCUT2D eigenvalue weighted by molar-refractivity contribution is -0.384. The molecule has 1 saturated heterocycles. The van der Waals surface area contributed by atoms with E-state index in [0.717, 1.165) is 19.6 Å². The van der Waals surface area contributed by atoms with Gasteiger partial charge in [-0.1, -0.05) is 35.9 Å². The summed E-state index contributed by atoms with van der Waals surface area (Å²) in [6.45, 7) is 5.86. The Bertz CT molecular complexity index is 1090. The number of nitro benzene ring substituents is 1. The van der Waals surface area contributed by atoms with Gasteiger partial charge in [0.15, 0.2) is 0 Å². The zero-order chi connectivity index (χ0) is 20.5. The molecule has 2 heterocycles. The number of carbonyl (C=O) groups is 1. The van der Waals surface area contributed by atoms with Crippen molar-refractivity contribution in [3.8, 4) is 0 Å². The highest BCUT2D eigenvalue weighted by Gasteiger charge is 2.26. The van der Waals surface area contributed by atoms with Gasteiger partial charge in [0.1, 0.15) is 4.88 Å². The molecule has 0 spiro atoms. The Labute approximate surface area is 177 Å². The van der Waals surface area contributed by atoms with Gasteiger partial charge in [0, 0.05) is 54.9 Å². The Morgan fingerprint density at radius 1 is 1.17 bits per heavy atom. The predicted molar refractivity (Wildman–Crippen MR) is 116 cm³/mol. The van der Waals surface area contributed by atoms with E-state index in [1.165, 1.54) is 34.6 Å². The fourth-order valence-electron chi connectivity index (χ4n) is 3.59. The van der Waals surface area contributed by atoms with Crippen molar-refractivity contribution in [1.29, 1.82) is 0 Å². The number of rotatable bonds is 4. The van der Waals surface area contributed by atoms with Crippen LogP contribution in [0.3, 0.4) is 0 Å². The molecule has 0 aliphatic carbocycles. The summed E-state index contributed by atoms with van der Waals surface area (Å²) in [6.07, 6.45) is 0. The highest BCUT2D eigenvalue weighted by molar-refractivity contribution is 7.21. The van der Waals surface area contributed by atoms with Gasteiger partial charge < -0.3 is 4.90 Å². The lowest BCUT2D eigenvalue weighted by atomic mass is 10.1. The van der Waals surface area contributed by atoms with Crippen LogP contribution < -0.4 is 0 Å². The SMILES string of the molecule is Cc1ccccc1CN1CCN(C(=O)c2sc3cc([N+](=O)[O-])ccc3c2Cl)CC1. The van der Waals surface area contributed by atoms with Crippen LogP contribution in [0.1, 0.15) is 20.8 Å². The second-order valence-electron chi connectivity index (χ2n) is 7.18. The van der Waals surface area contributed by atoms with E-state index in [9.17, 15) is 14.9 Å². The normalized spacial score (nSPS) is 15.0. The van der Waals surface area contributed by atoms with E-state index in [1.807, 2.05) is 11.0 Å². The molecule has 1 aromatic heterocycles. The molecule has 0 radical (unpaired) electrons. The number of fused-ring (bicyclic) bond motifs is 1. The van der Waals surface area contributed by atoms with Gasteiger partial charge in [-0.2, -0.15) is 0 Å². The molecule has 0 unspecified atom stereocenters. The summed E-state index contributed by atoms with van der Waals surface area (Å²) in [5.74, 6) is -0.102. The molecule has 1 aliphatic heterocycles. The van der Waals surface area contributed by atoms with Gasteiger partial charge in [0.2, 0.25) is 0 Å². The molecule has 2 aromatic carbocycles. The Morgan fingerprint density at radius 2 is 1.90 bits per heavy atom. The number of thiophene rings is 1. The number of hydrogen-bond donors (Lipinski definition) is 0. The Balaban J connectivity index is 1.46. The van der Waals surface area contributed by atoms with Crippen molar-refractivity contribution in [2.45, 2.75) is 13.5 Å². The van der Waals surface area contributed by atoms with E-state index >= 15 is 0 Å². The van der Waals surface area contributed by atoms with Crippen LogP contribution >= 0.6 is 22.9 Å².